The van der Waals surface area contributed by atoms with Gasteiger partial charge in [0.05, 0.1) is 5.00 Å². The molecule has 2 N–H and O–H groups in total. The van der Waals surface area contributed by atoms with E-state index >= 15 is 0 Å². The van der Waals surface area contributed by atoms with E-state index in [2.05, 4.69) is 5.32 Å². The summed E-state index contributed by atoms with van der Waals surface area (Å²) in [6, 6.07) is 3.13. The highest BCUT2D eigenvalue weighted by molar-refractivity contribution is 7.18. The van der Waals surface area contributed by atoms with Crippen LogP contribution in [0.5, 0.6) is 0 Å². The second kappa shape index (κ2) is 4.25. The zero-order valence-corrected chi connectivity index (χ0v) is 9.71. The van der Waals surface area contributed by atoms with Gasteiger partial charge in [0.15, 0.2) is 0 Å². The van der Waals surface area contributed by atoms with E-state index in [9.17, 15) is 9.59 Å². The molecule has 0 bridgehead atoms. The Morgan fingerprint density at radius 1 is 1.50 bits per heavy atom. The lowest BCUT2D eigenvalue weighted by molar-refractivity contribution is -0.119. The van der Waals surface area contributed by atoms with E-state index in [1.54, 1.807) is 6.07 Å². The summed E-state index contributed by atoms with van der Waals surface area (Å²) in [5.41, 5.74) is 0. The Hall–Kier alpha value is -1.36. The van der Waals surface area contributed by atoms with E-state index in [4.69, 9.17) is 5.11 Å². The Kier molecular flexibility index (Phi) is 2.96. The molecular formula is C11H13NO3S. The monoisotopic (exact) mass is 239 g/mol. The van der Waals surface area contributed by atoms with Crippen molar-refractivity contribution in [3.8, 4) is 0 Å². The molecule has 16 heavy (non-hydrogen) atoms. The Bertz CT molecular complexity index is 423. The summed E-state index contributed by atoms with van der Waals surface area (Å²) < 4.78 is 0. The number of carbonyl (C=O) groups is 2. The van der Waals surface area contributed by atoms with Gasteiger partial charge < -0.3 is 10.4 Å². The average Bonchev–Trinajstić information content (AvgIpc) is 2.97. The Morgan fingerprint density at radius 2 is 2.19 bits per heavy atom. The van der Waals surface area contributed by atoms with Gasteiger partial charge in [0.1, 0.15) is 4.88 Å². The number of hydrogen-bond acceptors (Lipinski definition) is 3. The molecule has 0 radical (unpaired) electrons. The van der Waals surface area contributed by atoms with E-state index in [0.717, 1.165) is 24.2 Å². The first-order valence-corrected chi connectivity index (χ1v) is 6.03. The standard InChI is InChI=1S/C11H13NO3S/c1-6(7-2-3-7)10(13)12-9-5-4-8(16-9)11(14)15/h4-7H,2-3H2,1H3,(H,12,13)(H,14,15). The summed E-state index contributed by atoms with van der Waals surface area (Å²) in [6.45, 7) is 1.92. The summed E-state index contributed by atoms with van der Waals surface area (Å²) in [5.74, 6) is -0.434. The molecule has 2 rings (SSSR count). The number of carbonyl (C=O) groups excluding carboxylic acids is 1. The number of nitrogens with one attached hydrogen (secondary N) is 1. The molecular weight excluding hydrogens is 226 g/mol. The van der Waals surface area contributed by atoms with Crippen molar-refractivity contribution < 1.29 is 14.7 Å². The highest BCUT2D eigenvalue weighted by Gasteiger charge is 2.32. The molecule has 86 valence electrons. The summed E-state index contributed by atoms with van der Waals surface area (Å²) in [7, 11) is 0. The third-order valence-corrected chi connectivity index (χ3v) is 3.79. The number of aromatic carboxylic acids is 1. The van der Waals surface area contributed by atoms with Gasteiger partial charge in [-0.1, -0.05) is 6.92 Å². The van der Waals surface area contributed by atoms with E-state index in [0.29, 0.717) is 10.9 Å². The van der Waals surface area contributed by atoms with Crippen molar-refractivity contribution in [2.45, 2.75) is 19.8 Å². The Morgan fingerprint density at radius 3 is 2.69 bits per heavy atom. The van der Waals surface area contributed by atoms with Gasteiger partial charge in [0, 0.05) is 5.92 Å². The molecule has 1 atom stereocenters. The number of anilines is 1. The second-order valence-electron chi connectivity index (χ2n) is 4.08. The van der Waals surface area contributed by atoms with Crippen LogP contribution in [0.3, 0.4) is 0 Å². The van der Waals surface area contributed by atoms with E-state index < -0.39 is 5.97 Å². The van der Waals surface area contributed by atoms with Crippen LogP contribution in [0.15, 0.2) is 12.1 Å². The lowest BCUT2D eigenvalue weighted by Gasteiger charge is -2.08. The third kappa shape index (κ3) is 2.41. The van der Waals surface area contributed by atoms with E-state index in [1.165, 1.54) is 6.07 Å². The average molecular weight is 239 g/mol. The molecule has 1 aromatic rings. The van der Waals surface area contributed by atoms with Crippen LogP contribution in [-0.2, 0) is 4.79 Å². The van der Waals surface area contributed by atoms with Crippen LogP contribution in [0.25, 0.3) is 0 Å². The fraction of sp³-hybridized carbons (Fsp3) is 0.455. The molecule has 0 aliphatic heterocycles. The molecule has 1 aliphatic carbocycles. The lowest BCUT2D eigenvalue weighted by Crippen LogP contribution is -2.21. The minimum atomic E-state index is -0.958. The maximum Gasteiger partial charge on any atom is 0.345 e. The fourth-order valence-electron chi connectivity index (χ4n) is 1.57. The highest BCUT2D eigenvalue weighted by atomic mass is 32.1. The van der Waals surface area contributed by atoms with Crippen LogP contribution in [0, 0.1) is 11.8 Å². The summed E-state index contributed by atoms with van der Waals surface area (Å²) in [5, 5.41) is 12.1. The van der Waals surface area contributed by atoms with Crippen molar-refractivity contribution >= 4 is 28.2 Å². The zero-order chi connectivity index (χ0) is 11.7. The van der Waals surface area contributed by atoms with Crippen molar-refractivity contribution in [2.75, 3.05) is 5.32 Å². The smallest absolute Gasteiger partial charge is 0.345 e. The molecule has 1 aromatic heterocycles. The number of thiophene rings is 1. The van der Waals surface area contributed by atoms with Gasteiger partial charge in [0.25, 0.3) is 0 Å². The first kappa shape index (κ1) is 11.1. The number of rotatable bonds is 4. The Balaban J connectivity index is 1.97. The van der Waals surface area contributed by atoms with Gasteiger partial charge in [-0.05, 0) is 30.9 Å². The van der Waals surface area contributed by atoms with Crippen molar-refractivity contribution in [3.05, 3.63) is 17.0 Å². The van der Waals surface area contributed by atoms with Gasteiger partial charge in [-0.25, -0.2) is 4.79 Å². The van der Waals surface area contributed by atoms with Crippen molar-refractivity contribution in [2.24, 2.45) is 11.8 Å². The highest BCUT2D eigenvalue weighted by Crippen LogP contribution is 2.37. The van der Waals surface area contributed by atoms with Gasteiger partial charge in [0.2, 0.25) is 5.91 Å². The molecule has 0 aromatic carbocycles. The van der Waals surface area contributed by atoms with E-state index in [-0.39, 0.29) is 16.7 Å². The van der Waals surface area contributed by atoms with Gasteiger partial charge >= 0.3 is 5.97 Å². The van der Waals surface area contributed by atoms with Crippen molar-refractivity contribution in [1.82, 2.24) is 0 Å². The van der Waals surface area contributed by atoms with Crippen LogP contribution in [0.4, 0.5) is 5.00 Å². The molecule has 0 saturated heterocycles. The van der Waals surface area contributed by atoms with Crippen LogP contribution >= 0.6 is 11.3 Å². The van der Waals surface area contributed by atoms with Gasteiger partial charge in [-0.2, -0.15) is 0 Å². The quantitative estimate of drug-likeness (QED) is 0.848. The van der Waals surface area contributed by atoms with Crippen LogP contribution in [-0.4, -0.2) is 17.0 Å². The maximum atomic E-state index is 11.7. The summed E-state index contributed by atoms with van der Waals surface area (Å²) >= 11 is 1.09. The molecule has 1 amide bonds. The fourth-order valence-corrected chi connectivity index (χ4v) is 2.31. The maximum absolute atomic E-state index is 11.7. The predicted molar refractivity (Wildman–Crippen MR) is 61.8 cm³/mol. The first-order valence-electron chi connectivity index (χ1n) is 5.22. The molecule has 1 heterocycles. The molecule has 0 spiro atoms. The third-order valence-electron chi connectivity index (χ3n) is 2.81. The minimum absolute atomic E-state index is 0.0127. The molecule has 1 unspecified atom stereocenters. The van der Waals surface area contributed by atoms with E-state index in [1.807, 2.05) is 6.92 Å². The Labute approximate surface area is 97.3 Å². The normalized spacial score (nSPS) is 16.8. The van der Waals surface area contributed by atoms with Crippen LogP contribution in [0.1, 0.15) is 29.4 Å². The number of carboxylic acid groups (broad SMARTS) is 1. The lowest BCUT2D eigenvalue weighted by atomic mass is 10.1. The summed E-state index contributed by atoms with van der Waals surface area (Å²) in [4.78, 5) is 22.6. The first-order chi connectivity index (χ1) is 7.58. The van der Waals surface area contributed by atoms with Gasteiger partial charge in [-0.3, -0.25) is 4.79 Å². The van der Waals surface area contributed by atoms with Gasteiger partial charge in [-0.15, -0.1) is 11.3 Å². The number of amides is 1. The van der Waals surface area contributed by atoms with Crippen molar-refractivity contribution in [1.29, 1.82) is 0 Å². The largest absolute Gasteiger partial charge is 0.477 e. The second-order valence-corrected chi connectivity index (χ2v) is 5.17. The number of hydrogen-bond donors (Lipinski definition) is 2. The van der Waals surface area contributed by atoms with Crippen LogP contribution < -0.4 is 5.32 Å². The minimum Gasteiger partial charge on any atom is -0.477 e. The SMILES string of the molecule is CC(C(=O)Nc1ccc(C(=O)O)s1)C1CC1. The molecule has 1 saturated carbocycles. The number of carboxylic acids is 1. The zero-order valence-electron chi connectivity index (χ0n) is 8.90. The molecule has 4 nitrogen and oxygen atoms in total. The molecule has 5 heteroatoms. The topological polar surface area (TPSA) is 66.4 Å². The molecule has 1 fully saturated rings. The summed E-state index contributed by atoms with van der Waals surface area (Å²) in [6.07, 6.45) is 2.25. The predicted octanol–water partition coefficient (Wildman–Crippen LogP) is 2.43. The van der Waals surface area contributed by atoms with Crippen LogP contribution in [0.2, 0.25) is 0 Å². The molecule has 1 aliphatic rings. The van der Waals surface area contributed by atoms with Crippen molar-refractivity contribution in [3.63, 3.8) is 0 Å².